The molecule has 0 bridgehead atoms. The molecule has 1 saturated carbocycles. The zero-order valence-corrected chi connectivity index (χ0v) is 14.1. The number of benzene rings is 1. The van der Waals surface area contributed by atoms with E-state index in [-0.39, 0.29) is 5.56 Å². The average Bonchev–Trinajstić information content (AvgIpc) is 3.33. The van der Waals surface area contributed by atoms with Crippen LogP contribution in [0.1, 0.15) is 51.1 Å². The highest BCUT2D eigenvalue weighted by atomic mass is 16.5. The van der Waals surface area contributed by atoms with Crippen molar-refractivity contribution in [1.82, 2.24) is 9.97 Å². The molecule has 4 heteroatoms. The van der Waals surface area contributed by atoms with E-state index in [1.807, 2.05) is 18.2 Å². The second-order valence-electron chi connectivity index (χ2n) is 6.66. The molecule has 0 amide bonds. The van der Waals surface area contributed by atoms with E-state index in [1.54, 1.807) is 7.11 Å². The van der Waals surface area contributed by atoms with Gasteiger partial charge in [-0.2, -0.15) is 0 Å². The Bertz CT molecular complexity index is 723. The number of hydrogen-bond donors (Lipinski definition) is 1. The summed E-state index contributed by atoms with van der Waals surface area (Å²) in [4.78, 5) is 19.6. The van der Waals surface area contributed by atoms with Crippen LogP contribution in [-0.2, 0) is 6.42 Å². The van der Waals surface area contributed by atoms with Gasteiger partial charge < -0.3 is 9.72 Å². The Balaban J connectivity index is 1.53. The smallest absolute Gasteiger partial charge is 0.270 e. The van der Waals surface area contributed by atoms with Gasteiger partial charge in [0.25, 0.3) is 5.56 Å². The molecule has 2 aromatic rings. The van der Waals surface area contributed by atoms with Gasteiger partial charge in [-0.05, 0) is 43.2 Å². The zero-order valence-electron chi connectivity index (χ0n) is 14.1. The first-order chi connectivity index (χ1) is 11.2. The Labute approximate surface area is 137 Å². The summed E-state index contributed by atoms with van der Waals surface area (Å²) in [5, 5.41) is 0. The van der Waals surface area contributed by atoms with Crippen LogP contribution in [0.3, 0.4) is 0 Å². The maximum Gasteiger partial charge on any atom is 0.270 e. The zero-order chi connectivity index (χ0) is 16.2. The lowest BCUT2D eigenvalue weighted by atomic mass is 10.1. The quantitative estimate of drug-likeness (QED) is 0.747. The van der Waals surface area contributed by atoms with Crippen molar-refractivity contribution in [2.45, 2.75) is 51.9 Å². The Morgan fingerprint density at radius 1 is 1.26 bits per heavy atom. The molecule has 0 aliphatic heterocycles. The summed E-state index contributed by atoms with van der Waals surface area (Å²) in [6.45, 7) is 2.29. The minimum Gasteiger partial charge on any atom is -0.497 e. The van der Waals surface area contributed by atoms with Gasteiger partial charge in [0, 0.05) is 6.07 Å². The third-order valence-electron chi connectivity index (χ3n) is 5.05. The van der Waals surface area contributed by atoms with Crippen molar-refractivity contribution in [3.05, 3.63) is 34.2 Å². The van der Waals surface area contributed by atoms with Crippen LogP contribution in [0.25, 0.3) is 11.0 Å². The standard InChI is InChI=1S/C19H26N2O2/c1-3-13-11-14(13)7-5-4-6-8-17-19(22)21-18-12-15(23-2)9-10-16(18)20-17/h9-10,12-14H,3-8,11H2,1-2H3,(H,21,22)/t13-,14+/m0/s1. The number of unbranched alkanes of at least 4 members (excludes halogenated alkanes) is 2. The minimum atomic E-state index is -0.0704. The fourth-order valence-electron chi connectivity index (χ4n) is 3.44. The van der Waals surface area contributed by atoms with E-state index < -0.39 is 0 Å². The lowest BCUT2D eigenvalue weighted by Gasteiger charge is -2.05. The number of hydrogen-bond acceptors (Lipinski definition) is 3. The van der Waals surface area contributed by atoms with E-state index in [2.05, 4.69) is 16.9 Å². The molecule has 0 radical (unpaired) electrons. The summed E-state index contributed by atoms with van der Waals surface area (Å²) in [5.74, 6) is 2.71. The van der Waals surface area contributed by atoms with Crippen LogP contribution < -0.4 is 10.3 Å². The average molecular weight is 314 g/mol. The normalized spacial score (nSPS) is 19.9. The molecule has 1 aromatic carbocycles. The number of aryl methyl sites for hydroxylation is 1. The van der Waals surface area contributed by atoms with Crippen molar-refractivity contribution < 1.29 is 4.74 Å². The fourth-order valence-corrected chi connectivity index (χ4v) is 3.44. The van der Waals surface area contributed by atoms with Crippen LogP contribution in [0, 0.1) is 11.8 Å². The number of nitrogens with zero attached hydrogens (tertiary/aromatic N) is 1. The van der Waals surface area contributed by atoms with Crippen molar-refractivity contribution in [3.63, 3.8) is 0 Å². The fraction of sp³-hybridized carbons (Fsp3) is 0.579. The summed E-state index contributed by atoms with van der Waals surface area (Å²) in [7, 11) is 1.62. The van der Waals surface area contributed by atoms with Crippen LogP contribution in [0.4, 0.5) is 0 Å². The van der Waals surface area contributed by atoms with E-state index in [1.165, 1.54) is 32.1 Å². The van der Waals surface area contributed by atoms with Gasteiger partial charge in [-0.15, -0.1) is 0 Å². The van der Waals surface area contributed by atoms with E-state index >= 15 is 0 Å². The van der Waals surface area contributed by atoms with E-state index in [9.17, 15) is 4.79 Å². The van der Waals surface area contributed by atoms with E-state index in [4.69, 9.17) is 4.74 Å². The highest BCUT2D eigenvalue weighted by Crippen LogP contribution is 2.44. The predicted octanol–water partition coefficient (Wildman–Crippen LogP) is 4.08. The molecule has 1 N–H and O–H groups in total. The maximum absolute atomic E-state index is 12.1. The molecule has 1 fully saturated rings. The van der Waals surface area contributed by atoms with Gasteiger partial charge in [-0.1, -0.05) is 32.6 Å². The lowest BCUT2D eigenvalue weighted by molar-refractivity contribution is 0.415. The minimum absolute atomic E-state index is 0.0704. The van der Waals surface area contributed by atoms with Crippen molar-refractivity contribution in [3.8, 4) is 5.75 Å². The summed E-state index contributed by atoms with van der Waals surface area (Å²) in [6.07, 6.45) is 8.41. The molecule has 124 valence electrons. The van der Waals surface area contributed by atoms with Crippen LogP contribution >= 0.6 is 0 Å². The molecule has 1 aliphatic rings. The molecule has 23 heavy (non-hydrogen) atoms. The third kappa shape index (κ3) is 3.92. The number of aromatic amines is 1. The van der Waals surface area contributed by atoms with Crippen molar-refractivity contribution >= 4 is 11.0 Å². The predicted molar refractivity (Wildman–Crippen MR) is 93.0 cm³/mol. The van der Waals surface area contributed by atoms with Gasteiger partial charge >= 0.3 is 0 Å². The maximum atomic E-state index is 12.1. The number of aromatic nitrogens is 2. The molecule has 0 saturated heterocycles. The highest BCUT2D eigenvalue weighted by Gasteiger charge is 2.33. The molecule has 1 heterocycles. The first kappa shape index (κ1) is 16.0. The Morgan fingerprint density at radius 2 is 2.13 bits per heavy atom. The number of rotatable bonds is 8. The molecular weight excluding hydrogens is 288 g/mol. The van der Waals surface area contributed by atoms with Gasteiger partial charge in [0.1, 0.15) is 11.4 Å². The summed E-state index contributed by atoms with van der Waals surface area (Å²) < 4.78 is 5.17. The number of H-pyrrole nitrogens is 1. The molecule has 1 aromatic heterocycles. The number of nitrogens with one attached hydrogen (secondary N) is 1. The first-order valence-corrected chi connectivity index (χ1v) is 8.78. The first-order valence-electron chi connectivity index (χ1n) is 8.78. The van der Waals surface area contributed by atoms with Gasteiger partial charge in [0.05, 0.1) is 18.1 Å². The number of methoxy groups -OCH3 is 1. The monoisotopic (exact) mass is 314 g/mol. The Morgan fingerprint density at radius 3 is 2.87 bits per heavy atom. The van der Waals surface area contributed by atoms with Gasteiger partial charge in [-0.25, -0.2) is 4.98 Å². The third-order valence-corrected chi connectivity index (χ3v) is 5.05. The molecule has 4 nitrogen and oxygen atoms in total. The highest BCUT2D eigenvalue weighted by molar-refractivity contribution is 5.75. The van der Waals surface area contributed by atoms with E-state index in [0.717, 1.165) is 41.5 Å². The van der Waals surface area contributed by atoms with Gasteiger partial charge in [0.2, 0.25) is 0 Å². The molecule has 0 spiro atoms. The molecule has 2 atom stereocenters. The topological polar surface area (TPSA) is 55.0 Å². The van der Waals surface area contributed by atoms with Crippen LogP contribution in [0.2, 0.25) is 0 Å². The molecule has 1 aliphatic carbocycles. The Hall–Kier alpha value is -1.84. The van der Waals surface area contributed by atoms with Crippen LogP contribution in [-0.4, -0.2) is 17.1 Å². The largest absolute Gasteiger partial charge is 0.497 e. The van der Waals surface area contributed by atoms with E-state index in [0.29, 0.717) is 5.69 Å². The van der Waals surface area contributed by atoms with Gasteiger partial charge in [-0.3, -0.25) is 4.79 Å². The van der Waals surface area contributed by atoms with Crippen molar-refractivity contribution in [2.75, 3.05) is 7.11 Å². The number of fused-ring (bicyclic) bond motifs is 1. The van der Waals surface area contributed by atoms with Crippen molar-refractivity contribution in [2.24, 2.45) is 11.8 Å². The van der Waals surface area contributed by atoms with Crippen LogP contribution in [0.15, 0.2) is 23.0 Å². The molecule has 3 rings (SSSR count). The van der Waals surface area contributed by atoms with Crippen LogP contribution in [0.5, 0.6) is 5.75 Å². The lowest BCUT2D eigenvalue weighted by Crippen LogP contribution is -2.15. The molecular formula is C19H26N2O2. The number of ether oxygens (including phenoxy) is 1. The van der Waals surface area contributed by atoms with Crippen molar-refractivity contribution in [1.29, 1.82) is 0 Å². The summed E-state index contributed by atoms with van der Waals surface area (Å²) in [5.41, 5.74) is 2.14. The Kier molecular flexibility index (Phi) is 4.99. The second-order valence-corrected chi connectivity index (χ2v) is 6.66. The summed E-state index contributed by atoms with van der Waals surface area (Å²) >= 11 is 0. The van der Waals surface area contributed by atoms with Gasteiger partial charge in [0.15, 0.2) is 0 Å². The SMILES string of the molecule is CC[C@H]1C[C@H]1CCCCCc1nc2ccc(OC)cc2[nH]c1=O. The molecule has 0 unspecified atom stereocenters. The second kappa shape index (κ2) is 7.16. The summed E-state index contributed by atoms with van der Waals surface area (Å²) in [6, 6.07) is 5.58.